The smallest absolute Gasteiger partial charge is 0.330 e. The molecule has 0 amide bonds. The van der Waals surface area contributed by atoms with Crippen molar-refractivity contribution in [2.75, 3.05) is 6.61 Å². The number of aryl methyl sites for hydroxylation is 1. The van der Waals surface area contributed by atoms with Crippen LogP contribution in [-0.2, 0) is 39.8 Å². The number of hydrogen-bond acceptors (Lipinski definition) is 9. The zero-order valence-corrected chi connectivity index (χ0v) is 16.6. The molecule has 2 rings (SSSR count). The highest BCUT2D eigenvalue weighted by Gasteiger charge is 2.51. The Labute approximate surface area is 165 Å². The largest absolute Gasteiger partial charge is 0.463 e. The molecule has 1 saturated heterocycles. The van der Waals surface area contributed by atoms with Crippen LogP contribution in [0.4, 0.5) is 0 Å². The molecule has 0 saturated carbocycles. The summed E-state index contributed by atoms with van der Waals surface area (Å²) in [5.41, 5.74) is -0.973. The number of ether oxygens (including phenoxy) is 4. The number of aromatic nitrogens is 2. The van der Waals surface area contributed by atoms with Gasteiger partial charge in [-0.25, -0.2) is 4.79 Å². The first-order valence-corrected chi connectivity index (χ1v) is 9.11. The summed E-state index contributed by atoms with van der Waals surface area (Å²) in [6.07, 6.45) is -2.14. The fraction of sp³-hybridized carbons (Fsp3) is 0.611. The molecular formula is C18H24N2O9. The highest BCUT2D eigenvalue weighted by Crippen LogP contribution is 2.33. The average molecular weight is 412 g/mol. The minimum absolute atomic E-state index is 0.290. The molecule has 0 aliphatic carbocycles. The lowest BCUT2D eigenvalue weighted by atomic mass is 10.1. The van der Waals surface area contributed by atoms with Crippen LogP contribution < -0.4 is 11.2 Å². The molecule has 1 aromatic rings. The Morgan fingerprint density at radius 1 is 1.07 bits per heavy atom. The first-order chi connectivity index (χ1) is 13.6. The van der Waals surface area contributed by atoms with Crippen molar-refractivity contribution in [3.05, 3.63) is 32.6 Å². The molecular weight excluding hydrogens is 388 g/mol. The van der Waals surface area contributed by atoms with E-state index in [2.05, 4.69) is 4.98 Å². The topological polar surface area (TPSA) is 143 Å². The molecule has 0 unspecified atom stereocenters. The lowest BCUT2D eigenvalue weighted by molar-refractivity contribution is -0.166. The van der Waals surface area contributed by atoms with E-state index in [1.807, 2.05) is 6.92 Å². The molecule has 2 heterocycles. The molecule has 160 valence electrons. The second kappa shape index (κ2) is 9.50. The lowest BCUT2D eigenvalue weighted by Gasteiger charge is -2.24. The summed E-state index contributed by atoms with van der Waals surface area (Å²) in [5.74, 6) is -1.96. The van der Waals surface area contributed by atoms with E-state index in [-0.39, 0.29) is 6.61 Å². The summed E-state index contributed by atoms with van der Waals surface area (Å²) in [4.78, 5) is 61.0. The summed E-state index contributed by atoms with van der Waals surface area (Å²) in [5, 5.41) is 0. The van der Waals surface area contributed by atoms with E-state index >= 15 is 0 Å². The Balaban J connectivity index is 2.49. The molecule has 1 aromatic heterocycles. The third-order valence-corrected chi connectivity index (χ3v) is 4.18. The maximum absolute atomic E-state index is 12.4. The monoisotopic (exact) mass is 412 g/mol. The zero-order valence-electron chi connectivity index (χ0n) is 16.6. The van der Waals surface area contributed by atoms with Gasteiger partial charge in [0.2, 0.25) is 0 Å². The molecule has 0 spiro atoms. The minimum Gasteiger partial charge on any atom is -0.463 e. The number of nitrogens with zero attached hydrogens (tertiary/aromatic N) is 1. The average Bonchev–Trinajstić information content (AvgIpc) is 2.92. The van der Waals surface area contributed by atoms with Gasteiger partial charge in [0.25, 0.3) is 5.56 Å². The molecule has 1 aliphatic rings. The molecule has 0 aromatic carbocycles. The van der Waals surface area contributed by atoms with Gasteiger partial charge in [-0.3, -0.25) is 28.7 Å². The van der Waals surface area contributed by atoms with E-state index in [1.165, 1.54) is 13.1 Å². The zero-order chi connectivity index (χ0) is 21.7. The molecule has 0 radical (unpaired) electrons. The molecule has 1 N–H and O–H groups in total. The van der Waals surface area contributed by atoms with Crippen molar-refractivity contribution in [1.29, 1.82) is 0 Å². The Morgan fingerprint density at radius 3 is 2.24 bits per heavy atom. The predicted molar refractivity (Wildman–Crippen MR) is 97.0 cm³/mol. The highest BCUT2D eigenvalue weighted by molar-refractivity contribution is 5.68. The summed E-state index contributed by atoms with van der Waals surface area (Å²) in [6.45, 7) is 5.09. The van der Waals surface area contributed by atoms with Crippen molar-refractivity contribution in [3.63, 3.8) is 0 Å². The van der Waals surface area contributed by atoms with Gasteiger partial charge in [-0.15, -0.1) is 0 Å². The van der Waals surface area contributed by atoms with Gasteiger partial charge in [0.05, 0.1) is 0 Å². The van der Waals surface area contributed by atoms with Crippen molar-refractivity contribution in [2.45, 2.75) is 65.1 Å². The maximum atomic E-state index is 12.4. The van der Waals surface area contributed by atoms with Gasteiger partial charge in [-0.05, 0) is 6.42 Å². The third-order valence-electron chi connectivity index (χ3n) is 4.18. The highest BCUT2D eigenvalue weighted by atomic mass is 16.7. The van der Waals surface area contributed by atoms with Crippen LogP contribution in [0.15, 0.2) is 15.8 Å². The molecule has 11 nitrogen and oxygen atoms in total. The van der Waals surface area contributed by atoms with Gasteiger partial charge in [-0.2, -0.15) is 0 Å². The second-order valence-electron chi connectivity index (χ2n) is 6.59. The number of rotatable bonds is 7. The molecule has 0 bridgehead atoms. The fourth-order valence-electron chi connectivity index (χ4n) is 3.08. The van der Waals surface area contributed by atoms with Crippen LogP contribution in [0.3, 0.4) is 0 Å². The van der Waals surface area contributed by atoms with E-state index < -0.39 is 53.7 Å². The fourth-order valence-corrected chi connectivity index (χ4v) is 3.08. The summed E-state index contributed by atoms with van der Waals surface area (Å²) >= 11 is 0. The maximum Gasteiger partial charge on any atom is 0.330 e. The number of esters is 3. The number of carbonyl (C=O) groups excluding carboxylic acids is 3. The van der Waals surface area contributed by atoms with Crippen molar-refractivity contribution in [2.24, 2.45) is 0 Å². The van der Waals surface area contributed by atoms with Crippen LogP contribution in [0.2, 0.25) is 0 Å². The van der Waals surface area contributed by atoms with Crippen LogP contribution >= 0.6 is 0 Å². The van der Waals surface area contributed by atoms with E-state index in [9.17, 15) is 24.0 Å². The van der Waals surface area contributed by atoms with E-state index in [1.54, 1.807) is 0 Å². The molecule has 29 heavy (non-hydrogen) atoms. The van der Waals surface area contributed by atoms with Crippen molar-refractivity contribution in [1.82, 2.24) is 9.55 Å². The van der Waals surface area contributed by atoms with Gasteiger partial charge in [0.1, 0.15) is 12.7 Å². The number of nitrogens with one attached hydrogen (secondary N) is 1. The van der Waals surface area contributed by atoms with Crippen LogP contribution in [-0.4, -0.2) is 52.4 Å². The number of aromatic amines is 1. The quantitative estimate of drug-likeness (QED) is 0.476. The van der Waals surface area contributed by atoms with E-state index in [0.717, 1.165) is 18.4 Å². The van der Waals surface area contributed by atoms with E-state index in [4.69, 9.17) is 18.9 Å². The van der Waals surface area contributed by atoms with E-state index in [0.29, 0.717) is 18.4 Å². The number of H-pyrrole nitrogens is 1. The van der Waals surface area contributed by atoms with Crippen LogP contribution in [0.1, 0.15) is 45.9 Å². The number of hydrogen-bond donors (Lipinski definition) is 1. The third kappa shape index (κ3) is 5.53. The molecule has 4 atom stereocenters. The Bertz CT molecular complexity index is 888. The Hall–Kier alpha value is -2.95. The van der Waals surface area contributed by atoms with Crippen LogP contribution in [0.5, 0.6) is 0 Å². The van der Waals surface area contributed by atoms with Crippen molar-refractivity contribution >= 4 is 17.9 Å². The molecule has 1 aliphatic heterocycles. The van der Waals surface area contributed by atoms with Gasteiger partial charge in [-0.1, -0.05) is 13.3 Å². The normalized spacial score (nSPS) is 23.4. The Kier molecular flexibility index (Phi) is 7.32. The summed E-state index contributed by atoms with van der Waals surface area (Å²) < 4.78 is 22.3. The minimum atomic E-state index is -1.20. The van der Waals surface area contributed by atoms with Crippen molar-refractivity contribution in [3.8, 4) is 0 Å². The number of carbonyl (C=O) groups is 3. The van der Waals surface area contributed by atoms with Crippen molar-refractivity contribution < 1.29 is 33.3 Å². The standard InChI is InChI=1S/C18H24N2O9/c1-5-6-12-7-20(18(25)19-16(12)24)17-15(28-11(4)23)14(27-10(3)22)13(29-17)8-26-9(2)21/h7,13-15,17H,5-6,8H2,1-4H3,(H,19,24,25)/t13-,14+,15-,17-/m1/s1. The predicted octanol–water partition coefficient (Wildman–Crippen LogP) is -0.187. The lowest BCUT2D eigenvalue weighted by Crippen LogP contribution is -2.42. The van der Waals surface area contributed by atoms with Gasteiger partial charge < -0.3 is 18.9 Å². The first-order valence-electron chi connectivity index (χ1n) is 9.11. The second-order valence-corrected chi connectivity index (χ2v) is 6.59. The van der Waals surface area contributed by atoms with Gasteiger partial charge >= 0.3 is 23.6 Å². The van der Waals surface area contributed by atoms with Crippen LogP contribution in [0.25, 0.3) is 0 Å². The van der Waals surface area contributed by atoms with Gasteiger partial charge in [0.15, 0.2) is 18.4 Å². The summed E-state index contributed by atoms with van der Waals surface area (Å²) in [7, 11) is 0. The van der Waals surface area contributed by atoms with Gasteiger partial charge in [0, 0.05) is 32.5 Å². The van der Waals surface area contributed by atoms with Crippen LogP contribution in [0, 0.1) is 0 Å². The Morgan fingerprint density at radius 2 is 1.69 bits per heavy atom. The first kappa shape index (κ1) is 22.3. The molecule has 1 fully saturated rings. The molecule has 11 heteroatoms. The SMILES string of the molecule is CCCc1cn([C@@H]2O[C@H](COC(C)=O)[C@H](OC(C)=O)[C@H]2OC(C)=O)c(=O)[nH]c1=O. The summed E-state index contributed by atoms with van der Waals surface area (Å²) in [6, 6.07) is 0.